The SMILES string of the molecule is Cc1cccc(C)c1B1N(c2ccccc2)c2cccnc2N1c1cc(Oc2ccc3c4ccccc4n(-c4cc(C(C)(C)C)ccn4)c3c2)cc(C(C)(C)C)c1. The van der Waals surface area contributed by atoms with Gasteiger partial charge >= 0.3 is 6.98 Å². The number of rotatable bonds is 6. The Morgan fingerprint density at radius 1 is 0.526 bits per heavy atom. The number of benzene rings is 5. The topological polar surface area (TPSA) is 46.4 Å². The van der Waals surface area contributed by atoms with Gasteiger partial charge in [-0.1, -0.05) is 107 Å². The summed E-state index contributed by atoms with van der Waals surface area (Å²) in [5.74, 6) is 3.32. The van der Waals surface area contributed by atoms with Crippen molar-refractivity contribution in [2.75, 3.05) is 9.62 Å². The number of para-hydroxylation sites is 2. The average Bonchev–Trinajstić information content (AvgIpc) is 3.70. The third-order valence-corrected chi connectivity index (χ3v) is 11.3. The molecule has 0 fully saturated rings. The lowest BCUT2D eigenvalue weighted by atomic mass is 9.61. The molecule has 0 saturated carbocycles. The van der Waals surface area contributed by atoms with Gasteiger partial charge in [0.25, 0.3) is 0 Å². The highest BCUT2D eigenvalue weighted by Gasteiger charge is 2.46. The van der Waals surface area contributed by atoms with Gasteiger partial charge in [0, 0.05) is 46.7 Å². The minimum atomic E-state index is -0.190. The number of aromatic nitrogens is 3. The largest absolute Gasteiger partial charge is 0.457 e. The van der Waals surface area contributed by atoms with Crippen LogP contribution in [0.2, 0.25) is 0 Å². The molecule has 0 bridgehead atoms. The zero-order valence-electron chi connectivity index (χ0n) is 34.1. The van der Waals surface area contributed by atoms with E-state index in [0.29, 0.717) is 0 Å². The lowest BCUT2D eigenvalue weighted by Gasteiger charge is -2.32. The van der Waals surface area contributed by atoms with Gasteiger partial charge in [0.15, 0.2) is 0 Å². The van der Waals surface area contributed by atoms with Crippen LogP contribution >= 0.6 is 0 Å². The number of hydrogen-bond acceptors (Lipinski definition) is 5. The van der Waals surface area contributed by atoms with Gasteiger partial charge in [0.1, 0.15) is 23.1 Å². The van der Waals surface area contributed by atoms with Crippen molar-refractivity contribution in [3.63, 3.8) is 0 Å². The maximum atomic E-state index is 6.98. The van der Waals surface area contributed by atoms with Crippen molar-refractivity contribution in [3.05, 3.63) is 168 Å². The quantitative estimate of drug-likeness (QED) is 0.159. The fraction of sp³-hybridized carbons (Fsp3) is 0.200. The first-order valence-corrected chi connectivity index (χ1v) is 19.8. The summed E-state index contributed by atoms with van der Waals surface area (Å²) in [5.41, 5.74) is 11.3. The molecular formula is C50H48BN5O. The van der Waals surface area contributed by atoms with E-state index in [2.05, 4.69) is 197 Å². The molecule has 282 valence electrons. The lowest BCUT2D eigenvalue weighted by Crippen LogP contribution is -2.55. The number of anilines is 4. The first-order valence-electron chi connectivity index (χ1n) is 19.8. The fourth-order valence-corrected chi connectivity index (χ4v) is 8.37. The van der Waals surface area contributed by atoms with Crippen molar-refractivity contribution < 1.29 is 4.74 Å². The highest BCUT2D eigenvalue weighted by molar-refractivity contribution is 6.85. The third-order valence-electron chi connectivity index (χ3n) is 11.3. The first kappa shape index (κ1) is 36.3. The monoisotopic (exact) mass is 745 g/mol. The van der Waals surface area contributed by atoms with Gasteiger partial charge in [-0.05, 0) is 108 Å². The summed E-state index contributed by atoms with van der Waals surface area (Å²) in [7, 11) is 0. The van der Waals surface area contributed by atoms with Gasteiger partial charge in [0.05, 0.1) is 16.7 Å². The van der Waals surface area contributed by atoms with Crippen molar-refractivity contribution in [1.82, 2.24) is 14.5 Å². The van der Waals surface area contributed by atoms with Crippen LogP contribution in [0.1, 0.15) is 63.8 Å². The average molecular weight is 746 g/mol. The molecule has 0 radical (unpaired) electrons. The number of pyridine rings is 2. The summed E-state index contributed by atoms with van der Waals surface area (Å²) in [6.07, 6.45) is 3.82. The van der Waals surface area contributed by atoms with Gasteiger partial charge < -0.3 is 14.4 Å². The van der Waals surface area contributed by atoms with E-state index < -0.39 is 0 Å². The molecule has 9 rings (SSSR count). The van der Waals surface area contributed by atoms with Crippen molar-refractivity contribution >= 4 is 57.1 Å². The molecule has 4 heterocycles. The molecule has 1 aliphatic heterocycles. The van der Waals surface area contributed by atoms with Crippen molar-refractivity contribution in [3.8, 4) is 17.3 Å². The second-order valence-electron chi connectivity index (χ2n) is 17.4. The molecule has 0 N–H and O–H groups in total. The number of nitrogens with zero attached hydrogens (tertiary/aromatic N) is 5. The molecule has 7 heteroatoms. The third kappa shape index (κ3) is 6.41. The Hall–Kier alpha value is -6.34. The van der Waals surface area contributed by atoms with Crippen LogP contribution in [0.3, 0.4) is 0 Å². The molecule has 8 aromatic rings. The van der Waals surface area contributed by atoms with Crippen molar-refractivity contribution in [2.24, 2.45) is 0 Å². The minimum absolute atomic E-state index is 0.0130. The molecule has 3 aromatic heterocycles. The summed E-state index contributed by atoms with van der Waals surface area (Å²) in [6, 6.07) is 47.4. The molecule has 0 amide bonds. The van der Waals surface area contributed by atoms with Crippen LogP contribution in [0.5, 0.6) is 11.5 Å². The molecule has 57 heavy (non-hydrogen) atoms. The van der Waals surface area contributed by atoms with Crippen LogP contribution in [0.15, 0.2) is 146 Å². The maximum Gasteiger partial charge on any atom is 0.422 e. The van der Waals surface area contributed by atoms with E-state index >= 15 is 0 Å². The van der Waals surface area contributed by atoms with Crippen molar-refractivity contribution in [1.29, 1.82) is 0 Å². The summed E-state index contributed by atoms with van der Waals surface area (Å²) in [4.78, 5) is 14.8. The highest BCUT2D eigenvalue weighted by Crippen LogP contribution is 2.47. The Balaban J connectivity index is 1.22. The number of hydrogen-bond donors (Lipinski definition) is 0. The molecule has 0 atom stereocenters. The minimum Gasteiger partial charge on any atom is -0.457 e. The standard InChI is InChI=1S/C50H48BN5O/c1-33-16-14-17-34(2)47(33)51-55(37-18-10-9-11-19-37)44-22-15-26-53-48(44)56(51)38-28-36(50(6,7)8)29-40(31-38)57-39-23-24-42-41-20-12-13-21-43(41)54(45(42)32-39)46-30-35(25-27-52-46)49(3,4)5/h9-32H,1-8H3. The first-order chi connectivity index (χ1) is 27.4. The predicted molar refractivity (Wildman–Crippen MR) is 239 cm³/mol. The number of ether oxygens (including phenoxy) is 1. The van der Waals surface area contributed by atoms with Crippen LogP contribution < -0.4 is 19.8 Å². The van der Waals surface area contributed by atoms with Crippen LogP contribution in [0.4, 0.5) is 22.9 Å². The Morgan fingerprint density at radius 3 is 2.00 bits per heavy atom. The van der Waals surface area contributed by atoms with Crippen molar-refractivity contribution in [2.45, 2.75) is 66.2 Å². The van der Waals surface area contributed by atoms with Gasteiger partial charge in [-0.3, -0.25) is 4.57 Å². The predicted octanol–water partition coefficient (Wildman–Crippen LogP) is 12.3. The molecule has 0 unspecified atom stereocenters. The maximum absolute atomic E-state index is 6.98. The van der Waals surface area contributed by atoms with Gasteiger partial charge in [-0.15, -0.1) is 0 Å². The summed E-state index contributed by atoms with van der Waals surface area (Å²) < 4.78 is 9.25. The Labute approximate surface area is 336 Å². The number of fused-ring (bicyclic) bond motifs is 4. The Morgan fingerprint density at radius 2 is 1.25 bits per heavy atom. The number of aryl methyl sites for hydroxylation is 2. The Kier molecular flexibility index (Phi) is 8.73. The van der Waals surface area contributed by atoms with E-state index in [1.165, 1.54) is 33.1 Å². The lowest BCUT2D eigenvalue weighted by molar-refractivity contribution is 0.479. The zero-order valence-corrected chi connectivity index (χ0v) is 34.1. The van der Waals surface area contributed by atoms with E-state index in [1.807, 2.05) is 18.5 Å². The molecule has 5 aromatic carbocycles. The van der Waals surface area contributed by atoms with Crippen LogP contribution in [0.25, 0.3) is 27.6 Å². The van der Waals surface area contributed by atoms with Gasteiger partial charge in [0.2, 0.25) is 0 Å². The van der Waals surface area contributed by atoms with E-state index in [0.717, 1.165) is 56.6 Å². The van der Waals surface area contributed by atoms with Gasteiger partial charge in [-0.2, -0.15) is 0 Å². The molecule has 1 aliphatic rings. The zero-order chi connectivity index (χ0) is 39.6. The second-order valence-corrected chi connectivity index (χ2v) is 17.4. The molecule has 0 saturated heterocycles. The van der Waals surface area contributed by atoms with Crippen LogP contribution in [-0.4, -0.2) is 21.5 Å². The molecule has 6 nitrogen and oxygen atoms in total. The van der Waals surface area contributed by atoms with Crippen LogP contribution in [-0.2, 0) is 10.8 Å². The smallest absolute Gasteiger partial charge is 0.422 e. The van der Waals surface area contributed by atoms with Gasteiger partial charge in [-0.25, -0.2) is 9.97 Å². The second kappa shape index (κ2) is 13.7. The Bertz CT molecular complexity index is 2780. The van der Waals surface area contributed by atoms with E-state index in [4.69, 9.17) is 14.7 Å². The summed E-state index contributed by atoms with van der Waals surface area (Å²) in [6.45, 7) is 17.7. The highest BCUT2D eigenvalue weighted by atomic mass is 16.5. The van der Waals surface area contributed by atoms with E-state index in [9.17, 15) is 0 Å². The fourth-order valence-electron chi connectivity index (χ4n) is 8.37. The molecule has 0 aliphatic carbocycles. The molecule has 0 spiro atoms. The van der Waals surface area contributed by atoms with E-state index in [-0.39, 0.29) is 17.8 Å². The normalized spacial score (nSPS) is 13.2. The van der Waals surface area contributed by atoms with E-state index in [1.54, 1.807) is 0 Å². The summed E-state index contributed by atoms with van der Waals surface area (Å²) >= 11 is 0. The molecular weight excluding hydrogens is 697 g/mol. The van der Waals surface area contributed by atoms with Crippen LogP contribution in [0, 0.1) is 13.8 Å². The summed E-state index contributed by atoms with van der Waals surface area (Å²) in [5, 5.41) is 2.34.